The van der Waals surface area contributed by atoms with Crippen LogP contribution in [-0.4, -0.2) is 5.50 Å². The number of benzene rings is 1. The molecule has 5 heteroatoms. The van der Waals surface area contributed by atoms with E-state index in [0.29, 0.717) is 5.02 Å². The molecule has 0 bridgehead atoms. The van der Waals surface area contributed by atoms with Gasteiger partial charge in [0.1, 0.15) is 0 Å². The number of halogens is 1. The summed E-state index contributed by atoms with van der Waals surface area (Å²) < 4.78 is 0. The van der Waals surface area contributed by atoms with E-state index in [1.807, 2.05) is 29.7 Å². The van der Waals surface area contributed by atoms with Gasteiger partial charge in [0.2, 0.25) is 0 Å². The van der Waals surface area contributed by atoms with E-state index < -0.39 is 0 Å². The van der Waals surface area contributed by atoms with Crippen LogP contribution >= 0.6 is 23.4 Å². The van der Waals surface area contributed by atoms with E-state index in [-0.39, 0.29) is 5.50 Å². The van der Waals surface area contributed by atoms with Crippen molar-refractivity contribution < 1.29 is 0 Å². The lowest BCUT2D eigenvalue weighted by atomic mass is 10.2. The van der Waals surface area contributed by atoms with Crippen molar-refractivity contribution in [3.05, 3.63) is 40.3 Å². The van der Waals surface area contributed by atoms with Crippen molar-refractivity contribution in [2.45, 2.75) is 5.50 Å². The normalized spacial score (nSPS) is 20.7. The van der Waals surface area contributed by atoms with Crippen molar-refractivity contribution in [3.63, 3.8) is 0 Å². The van der Waals surface area contributed by atoms with Crippen molar-refractivity contribution in [3.8, 4) is 0 Å². The molecule has 0 fully saturated rings. The van der Waals surface area contributed by atoms with Gasteiger partial charge in [-0.05, 0) is 12.1 Å². The maximum absolute atomic E-state index is 5.86. The maximum Gasteiger partial charge on any atom is 0.169 e. The second-order valence-electron chi connectivity index (χ2n) is 2.76. The molecule has 0 aromatic heterocycles. The quantitative estimate of drug-likeness (QED) is 0.799. The van der Waals surface area contributed by atoms with Crippen molar-refractivity contribution in [1.82, 2.24) is 0 Å². The molecule has 2 N–H and O–H groups in total. The number of azo groups is 1. The van der Waals surface area contributed by atoms with Crippen LogP contribution in [0, 0.1) is 0 Å². The fraction of sp³-hybridized carbons (Fsp3) is 0.111. The summed E-state index contributed by atoms with van der Waals surface area (Å²) in [5, 5.41) is 10.5. The Morgan fingerprint density at radius 2 is 2.29 bits per heavy atom. The predicted molar refractivity (Wildman–Crippen MR) is 59.9 cm³/mol. The van der Waals surface area contributed by atoms with Crippen LogP contribution in [0.1, 0.15) is 5.56 Å². The minimum absolute atomic E-state index is 0.280. The highest BCUT2D eigenvalue weighted by Crippen LogP contribution is 2.28. The Bertz CT molecular complexity index is 403. The van der Waals surface area contributed by atoms with Crippen LogP contribution in [0.5, 0.6) is 0 Å². The van der Waals surface area contributed by atoms with Crippen molar-refractivity contribution in [1.29, 1.82) is 0 Å². The molecule has 3 nitrogen and oxygen atoms in total. The smallest absolute Gasteiger partial charge is 0.169 e. The molecule has 1 aliphatic heterocycles. The molecule has 14 heavy (non-hydrogen) atoms. The monoisotopic (exact) mass is 225 g/mol. The van der Waals surface area contributed by atoms with E-state index in [9.17, 15) is 0 Å². The fourth-order valence-electron chi connectivity index (χ4n) is 1.08. The molecular formula is C9H8ClN3S. The molecule has 0 saturated carbocycles. The van der Waals surface area contributed by atoms with E-state index in [1.54, 1.807) is 0 Å². The van der Waals surface area contributed by atoms with Gasteiger partial charge in [0, 0.05) is 16.0 Å². The average Bonchev–Trinajstić information content (AvgIpc) is 2.19. The molecule has 0 aliphatic carbocycles. The summed E-state index contributed by atoms with van der Waals surface area (Å²) >= 11 is 7.30. The second kappa shape index (κ2) is 4.13. The van der Waals surface area contributed by atoms with Gasteiger partial charge in [-0.3, -0.25) is 5.73 Å². The predicted octanol–water partition coefficient (Wildman–Crippen LogP) is 3.08. The van der Waals surface area contributed by atoms with Crippen LogP contribution in [0.25, 0.3) is 5.70 Å². The van der Waals surface area contributed by atoms with Gasteiger partial charge < -0.3 is 0 Å². The summed E-state index contributed by atoms with van der Waals surface area (Å²) in [7, 11) is 0. The first kappa shape index (κ1) is 9.71. The van der Waals surface area contributed by atoms with E-state index in [1.165, 1.54) is 11.8 Å². The highest BCUT2D eigenvalue weighted by atomic mass is 35.5. The van der Waals surface area contributed by atoms with E-state index in [4.69, 9.17) is 17.3 Å². The fourth-order valence-corrected chi connectivity index (χ4v) is 1.82. The number of thioether (sulfide) groups is 1. The van der Waals surface area contributed by atoms with Gasteiger partial charge in [0.15, 0.2) is 5.50 Å². The summed E-state index contributed by atoms with van der Waals surface area (Å²) in [6.45, 7) is 0. The van der Waals surface area contributed by atoms with Crippen LogP contribution in [0.15, 0.2) is 39.9 Å². The Morgan fingerprint density at radius 1 is 1.43 bits per heavy atom. The van der Waals surface area contributed by atoms with Crippen LogP contribution in [0.2, 0.25) is 5.02 Å². The van der Waals surface area contributed by atoms with Gasteiger partial charge in [-0.25, -0.2) is 0 Å². The van der Waals surface area contributed by atoms with Gasteiger partial charge >= 0.3 is 0 Å². The highest BCUT2D eigenvalue weighted by molar-refractivity contribution is 8.02. The maximum atomic E-state index is 5.86. The molecule has 1 aliphatic rings. The standard InChI is InChI=1S/C9H8ClN3S/c10-7-3-1-2-6(4-7)8-5-14-9(11)13-12-8/h1-5,9H,11H2. The van der Waals surface area contributed by atoms with Crippen molar-refractivity contribution >= 4 is 29.1 Å². The third kappa shape index (κ3) is 2.15. The van der Waals surface area contributed by atoms with Crippen LogP contribution in [0.3, 0.4) is 0 Å². The third-order valence-electron chi connectivity index (χ3n) is 1.72. The summed E-state index contributed by atoms with van der Waals surface area (Å²) in [4.78, 5) is 0. The first-order chi connectivity index (χ1) is 6.75. The van der Waals surface area contributed by atoms with Gasteiger partial charge in [-0.15, -0.1) is 0 Å². The Balaban J connectivity index is 2.29. The van der Waals surface area contributed by atoms with Gasteiger partial charge in [-0.1, -0.05) is 35.5 Å². The van der Waals surface area contributed by atoms with Crippen molar-refractivity contribution in [2.75, 3.05) is 0 Å². The summed E-state index contributed by atoms with van der Waals surface area (Å²) in [6, 6.07) is 7.50. The summed E-state index contributed by atoms with van der Waals surface area (Å²) in [5.74, 6) is 0. The molecule has 1 unspecified atom stereocenters. The van der Waals surface area contributed by atoms with Crippen LogP contribution in [-0.2, 0) is 0 Å². The Kier molecular flexibility index (Phi) is 2.86. The average molecular weight is 226 g/mol. The lowest BCUT2D eigenvalue weighted by Gasteiger charge is -2.09. The Hall–Kier alpha value is -0.840. The van der Waals surface area contributed by atoms with E-state index >= 15 is 0 Å². The largest absolute Gasteiger partial charge is 0.299 e. The molecule has 1 aromatic rings. The van der Waals surface area contributed by atoms with Gasteiger partial charge in [0.05, 0.1) is 5.70 Å². The van der Waals surface area contributed by atoms with Crippen molar-refractivity contribution in [2.24, 2.45) is 16.0 Å². The van der Waals surface area contributed by atoms with Gasteiger partial charge in [-0.2, -0.15) is 10.2 Å². The summed E-state index contributed by atoms with van der Waals surface area (Å²) in [5.41, 5.74) is 7.02. The highest BCUT2D eigenvalue weighted by Gasteiger charge is 2.08. The molecule has 0 spiro atoms. The molecule has 0 saturated heterocycles. The van der Waals surface area contributed by atoms with Crippen LogP contribution in [0.4, 0.5) is 0 Å². The van der Waals surface area contributed by atoms with E-state index in [0.717, 1.165) is 11.3 Å². The lowest BCUT2D eigenvalue weighted by molar-refractivity contribution is 0.903. The van der Waals surface area contributed by atoms with Gasteiger partial charge in [0.25, 0.3) is 0 Å². The molecule has 1 atom stereocenters. The first-order valence-corrected chi connectivity index (χ1v) is 5.36. The Labute approximate surface area is 91.0 Å². The first-order valence-electron chi connectivity index (χ1n) is 4.04. The molecule has 1 aromatic carbocycles. The number of nitrogens with two attached hydrogens (primary N) is 1. The molecule has 1 heterocycles. The summed E-state index contributed by atoms with van der Waals surface area (Å²) in [6.07, 6.45) is 0. The molecule has 0 amide bonds. The molecule has 2 rings (SSSR count). The van der Waals surface area contributed by atoms with E-state index in [2.05, 4.69) is 10.2 Å². The topological polar surface area (TPSA) is 50.7 Å². The molecule has 0 radical (unpaired) electrons. The zero-order valence-corrected chi connectivity index (χ0v) is 8.79. The minimum Gasteiger partial charge on any atom is -0.299 e. The number of nitrogens with zero attached hydrogens (tertiary/aromatic N) is 2. The van der Waals surface area contributed by atoms with Crippen LogP contribution < -0.4 is 5.73 Å². The lowest BCUT2D eigenvalue weighted by Crippen LogP contribution is -2.11. The zero-order chi connectivity index (χ0) is 9.97. The Morgan fingerprint density at radius 3 is 2.93 bits per heavy atom. The molecule has 72 valence electrons. The molecular weight excluding hydrogens is 218 g/mol. The second-order valence-corrected chi connectivity index (χ2v) is 4.18. The third-order valence-corrected chi connectivity index (χ3v) is 2.69. The zero-order valence-electron chi connectivity index (χ0n) is 7.22. The SMILES string of the molecule is NC1N=NC(c2cccc(Cl)c2)=CS1. The minimum atomic E-state index is -0.280. The number of hydrogen-bond acceptors (Lipinski definition) is 4. The number of rotatable bonds is 1. The number of hydrogen-bond donors (Lipinski definition) is 1.